The van der Waals surface area contributed by atoms with Crippen LogP contribution < -0.4 is 11.1 Å². The molecule has 0 spiro atoms. The Hall–Kier alpha value is -2.41. The third-order valence-corrected chi connectivity index (χ3v) is 2.77. The van der Waals surface area contributed by atoms with Crippen LogP contribution in [0.2, 0.25) is 0 Å². The van der Waals surface area contributed by atoms with Crippen molar-refractivity contribution in [3.05, 3.63) is 40.3 Å². The first kappa shape index (κ1) is 12.1. The summed E-state index contributed by atoms with van der Waals surface area (Å²) in [4.78, 5) is 26.6. The summed E-state index contributed by atoms with van der Waals surface area (Å²) in [6.45, 7) is 0. The van der Waals surface area contributed by atoms with Crippen LogP contribution in [0.1, 0.15) is 20.8 Å². The number of aromatic carboxylic acids is 1. The van der Waals surface area contributed by atoms with E-state index >= 15 is 0 Å². The Morgan fingerprint density at radius 1 is 1.39 bits per heavy atom. The zero-order valence-corrected chi connectivity index (χ0v) is 9.90. The second-order valence-corrected chi connectivity index (χ2v) is 4.16. The molecule has 2 rings (SSSR count). The van der Waals surface area contributed by atoms with Gasteiger partial charge in [0.25, 0.3) is 5.91 Å². The number of nitrogens with two attached hydrogens (primary N) is 1. The Morgan fingerprint density at radius 2 is 2.17 bits per heavy atom. The van der Waals surface area contributed by atoms with E-state index in [-0.39, 0.29) is 16.9 Å². The molecule has 0 unspecified atom stereocenters. The molecule has 4 N–H and O–H groups in total. The number of nitrogens with one attached hydrogen (secondary N) is 1. The predicted octanol–water partition coefficient (Wildman–Crippen LogP) is 1.68. The van der Waals surface area contributed by atoms with E-state index < -0.39 is 11.9 Å². The molecular weight excluding hydrogens is 254 g/mol. The number of aromatic nitrogens is 1. The summed E-state index contributed by atoms with van der Waals surface area (Å²) >= 11 is 1.28. The Morgan fingerprint density at radius 3 is 2.78 bits per heavy atom. The Kier molecular flexibility index (Phi) is 3.24. The Balaban J connectivity index is 2.29. The van der Waals surface area contributed by atoms with Gasteiger partial charge in [-0.15, -0.1) is 11.3 Å². The van der Waals surface area contributed by atoms with Crippen LogP contribution in [0.4, 0.5) is 11.4 Å². The van der Waals surface area contributed by atoms with Gasteiger partial charge < -0.3 is 16.2 Å². The summed E-state index contributed by atoms with van der Waals surface area (Å²) in [5.74, 6) is -1.61. The fourth-order valence-electron chi connectivity index (χ4n) is 1.36. The smallest absolute Gasteiger partial charge is 0.337 e. The van der Waals surface area contributed by atoms with Crippen LogP contribution in [0.3, 0.4) is 0 Å². The fourth-order valence-corrected chi connectivity index (χ4v) is 1.89. The lowest BCUT2D eigenvalue weighted by molar-refractivity contribution is 0.0698. The van der Waals surface area contributed by atoms with Crippen LogP contribution in [0.5, 0.6) is 0 Å². The maximum Gasteiger partial charge on any atom is 0.337 e. The first-order chi connectivity index (χ1) is 8.58. The zero-order valence-electron chi connectivity index (χ0n) is 9.08. The number of hydrogen-bond donors (Lipinski definition) is 3. The van der Waals surface area contributed by atoms with E-state index in [1.54, 1.807) is 5.38 Å². The van der Waals surface area contributed by atoms with E-state index in [4.69, 9.17) is 10.8 Å². The molecule has 0 atom stereocenters. The van der Waals surface area contributed by atoms with Crippen molar-refractivity contribution >= 4 is 34.6 Å². The van der Waals surface area contributed by atoms with Gasteiger partial charge in [0.15, 0.2) is 0 Å². The van der Waals surface area contributed by atoms with Gasteiger partial charge >= 0.3 is 5.97 Å². The molecule has 1 aromatic heterocycles. The van der Waals surface area contributed by atoms with E-state index in [9.17, 15) is 9.59 Å². The maximum atomic E-state index is 11.7. The van der Waals surface area contributed by atoms with Crippen molar-refractivity contribution in [2.24, 2.45) is 0 Å². The number of carbonyl (C=O) groups excluding carboxylic acids is 1. The molecule has 2 aromatic rings. The number of carboxylic acids is 1. The molecule has 1 aromatic carbocycles. The number of amides is 1. The molecular formula is C11H9N3O3S. The summed E-state index contributed by atoms with van der Waals surface area (Å²) in [6.07, 6.45) is 0. The minimum Gasteiger partial charge on any atom is -0.478 e. The largest absolute Gasteiger partial charge is 0.478 e. The van der Waals surface area contributed by atoms with Gasteiger partial charge in [-0.2, -0.15) is 0 Å². The summed E-state index contributed by atoms with van der Waals surface area (Å²) in [6, 6.07) is 4.26. The number of nitrogens with zero attached hydrogens (tertiary/aromatic N) is 1. The van der Waals surface area contributed by atoms with Crippen molar-refractivity contribution in [1.29, 1.82) is 0 Å². The van der Waals surface area contributed by atoms with Gasteiger partial charge in [0.2, 0.25) is 0 Å². The monoisotopic (exact) mass is 263 g/mol. The SMILES string of the molecule is Nc1ccc(NC(=O)c2cscn2)c(C(=O)O)c1. The molecule has 1 amide bonds. The number of carboxylic acid groups (broad SMARTS) is 1. The molecule has 92 valence electrons. The summed E-state index contributed by atoms with van der Waals surface area (Å²) in [7, 11) is 0. The topological polar surface area (TPSA) is 105 Å². The quantitative estimate of drug-likeness (QED) is 0.730. The van der Waals surface area contributed by atoms with Crippen molar-refractivity contribution in [1.82, 2.24) is 4.98 Å². The van der Waals surface area contributed by atoms with Crippen LogP contribution in [0.15, 0.2) is 29.1 Å². The van der Waals surface area contributed by atoms with Crippen molar-refractivity contribution in [2.45, 2.75) is 0 Å². The van der Waals surface area contributed by atoms with Crippen LogP contribution in [0, 0.1) is 0 Å². The molecule has 0 saturated heterocycles. The van der Waals surface area contributed by atoms with E-state index in [1.165, 1.54) is 35.0 Å². The standard InChI is InChI=1S/C11H9N3O3S/c12-6-1-2-8(7(3-6)11(16)17)14-10(15)9-4-18-5-13-9/h1-5H,12H2,(H,14,15)(H,16,17). The highest BCUT2D eigenvalue weighted by Crippen LogP contribution is 2.19. The number of benzene rings is 1. The van der Waals surface area contributed by atoms with Crippen molar-refractivity contribution in [3.8, 4) is 0 Å². The molecule has 18 heavy (non-hydrogen) atoms. The number of hydrogen-bond acceptors (Lipinski definition) is 5. The highest BCUT2D eigenvalue weighted by molar-refractivity contribution is 7.07. The maximum absolute atomic E-state index is 11.7. The molecule has 7 heteroatoms. The van der Waals surface area contributed by atoms with Crippen LogP contribution in [-0.4, -0.2) is 22.0 Å². The average Bonchev–Trinajstić information content (AvgIpc) is 2.84. The molecule has 0 aliphatic heterocycles. The van der Waals surface area contributed by atoms with Gasteiger partial charge in [0.1, 0.15) is 5.69 Å². The van der Waals surface area contributed by atoms with Crippen molar-refractivity contribution in [3.63, 3.8) is 0 Å². The lowest BCUT2D eigenvalue weighted by Crippen LogP contribution is -2.15. The van der Waals surface area contributed by atoms with Gasteiger partial charge in [-0.25, -0.2) is 9.78 Å². The molecule has 6 nitrogen and oxygen atoms in total. The van der Waals surface area contributed by atoms with Gasteiger partial charge in [-0.05, 0) is 18.2 Å². The van der Waals surface area contributed by atoms with E-state index in [2.05, 4.69) is 10.3 Å². The second-order valence-electron chi connectivity index (χ2n) is 3.44. The van der Waals surface area contributed by atoms with Gasteiger partial charge in [-0.3, -0.25) is 4.79 Å². The summed E-state index contributed by atoms with van der Waals surface area (Å²) in [5.41, 5.74) is 7.72. The Labute approximate surface area is 106 Å². The van der Waals surface area contributed by atoms with Crippen LogP contribution in [-0.2, 0) is 0 Å². The number of rotatable bonds is 3. The summed E-state index contributed by atoms with van der Waals surface area (Å²) < 4.78 is 0. The number of carbonyl (C=O) groups is 2. The molecule has 0 bridgehead atoms. The lowest BCUT2D eigenvalue weighted by Gasteiger charge is -2.07. The minimum atomic E-state index is -1.16. The second kappa shape index (κ2) is 4.84. The van der Waals surface area contributed by atoms with Gasteiger partial charge in [0.05, 0.1) is 16.8 Å². The molecule has 0 aliphatic rings. The zero-order chi connectivity index (χ0) is 13.1. The van der Waals surface area contributed by atoms with E-state index in [0.29, 0.717) is 5.69 Å². The van der Waals surface area contributed by atoms with Crippen LogP contribution >= 0.6 is 11.3 Å². The fraction of sp³-hybridized carbons (Fsp3) is 0. The van der Waals surface area contributed by atoms with E-state index in [0.717, 1.165) is 0 Å². The van der Waals surface area contributed by atoms with Crippen molar-refractivity contribution in [2.75, 3.05) is 11.1 Å². The average molecular weight is 263 g/mol. The Bertz CT molecular complexity index is 596. The normalized spacial score (nSPS) is 10.0. The molecule has 0 saturated carbocycles. The van der Waals surface area contributed by atoms with Gasteiger partial charge in [0, 0.05) is 11.1 Å². The number of nitrogen functional groups attached to an aromatic ring is 1. The molecule has 0 fully saturated rings. The highest BCUT2D eigenvalue weighted by atomic mass is 32.1. The third-order valence-electron chi connectivity index (χ3n) is 2.19. The van der Waals surface area contributed by atoms with Crippen molar-refractivity contribution < 1.29 is 14.7 Å². The van der Waals surface area contributed by atoms with Gasteiger partial charge in [-0.1, -0.05) is 0 Å². The summed E-state index contributed by atoms with van der Waals surface area (Å²) in [5, 5.41) is 13.1. The van der Waals surface area contributed by atoms with E-state index in [1.807, 2.05) is 0 Å². The highest BCUT2D eigenvalue weighted by Gasteiger charge is 2.14. The first-order valence-electron chi connectivity index (χ1n) is 4.90. The lowest BCUT2D eigenvalue weighted by atomic mass is 10.1. The first-order valence-corrected chi connectivity index (χ1v) is 5.84. The number of anilines is 2. The molecule has 0 aliphatic carbocycles. The minimum absolute atomic E-state index is 0.0569. The third kappa shape index (κ3) is 2.46. The molecule has 0 radical (unpaired) electrons. The number of thiazole rings is 1. The predicted molar refractivity (Wildman–Crippen MR) is 67.9 cm³/mol. The molecule has 1 heterocycles. The van der Waals surface area contributed by atoms with Crippen LogP contribution in [0.25, 0.3) is 0 Å².